The monoisotopic (exact) mass is 285 g/mol. The quantitative estimate of drug-likeness (QED) is 0.829. The van der Waals surface area contributed by atoms with Crippen molar-refractivity contribution in [3.05, 3.63) is 16.9 Å². The molecule has 0 bridgehead atoms. The van der Waals surface area contributed by atoms with E-state index in [0.29, 0.717) is 18.1 Å². The first-order chi connectivity index (χ1) is 8.55. The number of sulfone groups is 1. The summed E-state index contributed by atoms with van der Waals surface area (Å²) in [5, 5.41) is 5.73. The third-order valence-corrected chi connectivity index (χ3v) is 5.51. The van der Waals surface area contributed by atoms with Crippen molar-refractivity contribution in [2.75, 3.05) is 11.5 Å². The van der Waals surface area contributed by atoms with E-state index in [9.17, 15) is 8.42 Å². The van der Waals surface area contributed by atoms with Gasteiger partial charge in [0.2, 0.25) is 0 Å². The van der Waals surface area contributed by atoms with E-state index in [-0.39, 0.29) is 17.4 Å². The Balaban J connectivity index is 1.89. The molecule has 0 aliphatic carbocycles. The molecule has 8 heteroatoms. The summed E-state index contributed by atoms with van der Waals surface area (Å²) < 4.78 is 32.1. The van der Waals surface area contributed by atoms with Gasteiger partial charge in [0, 0.05) is 11.3 Å². The van der Waals surface area contributed by atoms with Crippen molar-refractivity contribution < 1.29 is 12.9 Å². The zero-order chi connectivity index (χ0) is 12.8. The van der Waals surface area contributed by atoms with Gasteiger partial charge in [-0.05, 0) is 24.9 Å². The van der Waals surface area contributed by atoms with Crippen LogP contribution in [0.3, 0.4) is 0 Å². The molecule has 2 aromatic heterocycles. The van der Waals surface area contributed by atoms with E-state index >= 15 is 0 Å². The van der Waals surface area contributed by atoms with Gasteiger partial charge in [0.05, 0.1) is 22.8 Å². The van der Waals surface area contributed by atoms with Crippen LogP contribution in [0.5, 0.6) is 0 Å². The number of nitrogens with zero attached hydrogens (tertiary/aromatic N) is 3. The van der Waals surface area contributed by atoms with E-state index in [4.69, 9.17) is 4.52 Å². The first-order valence-electron chi connectivity index (χ1n) is 5.50. The molecular weight excluding hydrogens is 274 g/mol. The summed E-state index contributed by atoms with van der Waals surface area (Å²) in [5.74, 6) is 1.09. The standard InChI is InChI=1S/C10H11N3O3S2/c1-6-8(4-17-13-6)10-11-9(12-16-10)7-2-3-18(14,15)5-7/h4,7H,2-3,5H2,1H3/t7-/m0/s1. The van der Waals surface area contributed by atoms with E-state index in [1.807, 2.05) is 12.3 Å². The number of hydrogen-bond donors (Lipinski definition) is 0. The Labute approximate surface area is 108 Å². The molecule has 0 unspecified atom stereocenters. The lowest BCUT2D eigenvalue weighted by atomic mass is 10.1. The lowest BCUT2D eigenvalue weighted by Crippen LogP contribution is -2.05. The molecule has 6 nitrogen and oxygen atoms in total. The molecule has 1 aliphatic heterocycles. The average Bonchev–Trinajstić information content (AvgIpc) is 2.97. The molecule has 1 aliphatic rings. The molecule has 18 heavy (non-hydrogen) atoms. The minimum Gasteiger partial charge on any atom is -0.334 e. The van der Waals surface area contributed by atoms with Crippen LogP contribution < -0.4 is 0 Å². The Kier molecular flexibility index (Phi) is 2.70. The van der Waals surface area contributed by atoms with Gasteiger partial charge in [0.15, 0.2) is 15.7 Å². The first-order valence-corrected chi connectivity index (χ1v) is 8.16. The maximum atomic E-state index is 11.4. The van der Waals surface area contributed by atoms with Crippen LogP contribution in [-0.2, 0) is 9.84 Å². The fourth-order valence-corrected chi connectivity index (χ4v) is 4.43. The number of aryl methyl sites for hydroxylation is 1. The van der Waals surface area contributed by atoms with Crippen molar-refractivity contribution in [1.82, 2.24) is 14.5 Å². The second kappa shape index (κ2) is 4.13. The van der Waals surface area contributed by atoms with Crippen LogP contribution in [0.2, 0.25) is 0 Å². The van der Waals surface area contributed by atoms with Crippen molar-refractivity contribution in [2.24, 2.45) is 0 Å². The van der Waals surface area contributed by atoms with Gasteiger partial charge in [-0.3, -0.25) is 0 Å². The summed E-state index contributed by atoms with van der Waals surface area (Å²) in [6.45, 7) is 1.87. The largest absolute Gasteiger partial charge is 0.334 e. The molecular formula is C10H11N3O3S2. The van der Waals surface area contributed by atoms with Crippen LogP contribution in [0.25, 0.3) is 11.5 Å². The zero-order valence-corrected chi connectivity index (χ0v) is 11.3. The fraction of sp³-hybridized carbons (Fsp3) is 0.500. The fourth-order valence-electron chi connectivity index (χ4n) is 2.01. The predicted molar refractivity (Wildman–Crippen MR) is 66.2 cm³/mol. The Hall–Kier alpha value is -1.28. The topological polar surface area (TPSA) is 86.0 Å². The minimum atomic E-state index is -2.93. The summed E-state index contributed by atoms with van der Waals surface area (Å²) in [6.07, 6.45) is 0.572. The maximum Gasteiger partial charge on any atom is 0.260 e. The minimum absolute atomic E-state index is 0.118. The van der Waals surface area contributed by atoms with Gasteiger partial charge in [0.25, 0.3) is 5.89 Å². The Bertz CT molecular complexity index is 674. The van der Waals surface area contributed by atoms with Crippen LogP contribution in [-0.4, -0.2) is 34.4 Å². The number of rotatable bonds is 2. The van der Waals surface area contributed by atoms with E-state index in [1.54, 1.807) is 0 Å². The molecule has 96 valence electrons. The van der Waals surface area contributed by atoms with Crippen LogP contribution in [0.15, 0.2) is 9.90 Å². The third-order valence-electron chi connectivity index (χ3n) is 3.02. The molecule has 0 aromatic carbocycles. The van der Waals surface area contributed by atoms with Crippen molar-refractivity contribution in [2.45, 2.75) is 19.3 Å². The molecule has 0 N–H and O–H groups in total. The van der Waals surface area contributed by atoms with Gasteiger partial charge in [-0.15, -0.1) is 0 Å². The molecule has 0 amide bonds. The van der Waals surface area contributed by atoms with Gasteiger partial charge in [-0.25, -0.2) is 8.42 Å². The molecule has 0 saturated carbocycles. The van der Waals surface area contributed by atoms with E-state index < -0.39 is 9.84 Å². The number of aromatic nitrogens is 3. The highest BCUT2D eigenvalue weighted by molar-refractivity contribution is 7.91. The van der Waals surface area contributed by atoms with Crippen LogP contribution >= 0.6 is 11.5 Å². The third kappa shape index (κ3) is 2.05. The van der Waals surface area contributed by atoms with Crippen molar-refractivity contribution in [1.29, 1.82) is 0 Å². The maximum absolute atomic E-state index is 11.4. The second-order valence-electron chi connectivity index (χ2n) is 4.37. The summed E-state index contributed by atoms with van der Waals surface area (Å²) in [4.78, 5) is 4.29. The molecule has 0 spiro atoms. The summed E-state index contributed by atoms with van der Waals surface area (Å²) >= 11 is 1.33. The van der Waals surface area contributed by atoms with E-state index in [2.05, 4.69) is 14.5 Å². The Morgan fingerprint density at radius 2 is 2.33 bits per heavy atom. The normalized spacial score (nSPS) is 22.4. The SMILES string of the molecule is Cc1nscc1-c1nc([C@H]2CCS(=O)(=O)C2)no1. The van der Waals surface area contributed by atoms with Crippen molar-refractivity contribution in [3.63, 3.8) is 0 Å². The molecule has 3 heterocycles. The van der Waals surface area contributed by atoms with E-state index in [0.717, 1.165) is 11.3 Å². The van der Waals surface area contributed by atoms with Gasteiger partial charge < -0.3 is 4.52 Å². The summed E-state index contributed by atoms with van der Waals surface area (Å²) in [7, 11) is -2.93. The molecule has 1 saturated heterocycles. The highest BCUT2D eigenvalue weighted by Gasteiger charge is 2.32. The second-order valence-corrected chi connectivity index (χ2v) is 7.23. The first kappa shape index (κ1) is 11.8. The lowest BCUT2D eigenvalue weighted by Gasteiger charge is -1.97. The molecule has 2 aromatic rings. The Morgan fingerprint density at radius 1 is 1.50 bits per heavy atom. The summed E-state index contributed by atoms with van der Waals surface area (Å²) in [6, 6.07) is 0. The molecule has 3 rings (SSSR count). The Morgan fingerprint density at radius 3 is 2.94 bits per heavy atom. The van der Waals surface area contributed by atoms with Crippen LogP contribution in [0.4, 0.5) is 0 Å². The van der Waals surface area contributed by atoms with E-state index in [1.165, 1.54) is 11.5 Å². The summed E-state index contributed by atoms with van der Waals surface area (Å²) in [5.41, 5.74) is 1.66. The van der Waals surface area contributed by atoms with Gasteiger partial charge >= 0.3 is 0 Å². The average molecular weight is 285 g/mol. The predicted octanol–water partition coefficient (Wildman–Crippen LogP) is 1.40. The highest BCUT2D eigenvalue weighted by atomic mass is 32.2. The van der Waals surface area contributed by atoms with Crippen LogP contribution in [0.1, 0.15) is 23.9 Å². The number of hydrogen-bond acceptors (Lipinski definition) is 7. The van der Waals surface area contributed by atoms with Gasteiger partial charge in [0.1, 0.15) is 0 Å². The van der Waals surface area contributed by atoms with Crippen molar-refractivity contribution >= 4 is 21.4 Å². The zero-order valence-electron chi connectivity index (χ0n) is 9.66. The smallest absolute Gasteiger partial charge is 0.260 e. The molecule has 0 radical (unpaired) electrons. The lowest BCUT2D eigenvalue weighted by molar-refractivity contribution is 0.417. The van der Waals surface area contributed by atoms with Gasteiger partial charge in [-0.2, -0.15) is 9.36 Å². The van der Waals surface area contributed by atoms with Gasteiger partial charge in [-0.1, -0.05) is 5.16 Å². The molecule has 1 atom stereocenters. The van der Waals surface area contributed by atoms with Crippen LogP contribution in [0, 0.1) is 6.92 Å². The van der Waals surface area contributed by atoms with Crippen molar-refractivity contribution in [3.8, 4) is 11.5 Å². The highest BCUT2D eigenvalue weighted by Crippen LogP contribution is 2.29. The molecule has 1 fully saturated rings.